The molecule has 0 aromatic heterocycles. The Labute approximate surface area is 140 Å². The standard InChI is InChI=1S/C18H20N2O4/c21-13-18(10-9-14-5-1-2-6-15(14)18)19-11-12-24-17-8-4-3-7-16(17)20(22)23/h1-8,19,21H,9-13H2. The number of aliphatic hydroxyl groups is 1. The van der Waals surface area contributed by atoms with Gasteiger partial charge >= 0.3 is 5.69 Å². The highest BCUT2D eigenvalue weighted by Crippen LogP contribution is 2.36. The molecule has 6 heteroatoms. The van der Waals surface area contributed by atoms with E-state index in [0.29, 0.717) is 6.54 Å². The number of benzene rings is 2. The molecule has 0 saturated heterocycles. The summed E-state index contributed by atoms with van der Waals surface area (Å²) < 4.78 is 5.55. The second-order valence-electron chi connectivity index (χ2n) is 5.90. The minimum atomic E-state index is -0.456. The first-order valence-corrected chi connectivity index (χ1v) is 7.97. The normalized spacial score (nSPS) is 19.0. The molecule has 1 atom stereocenters. The number of nitrogens with one attached hydrogen (secondary N) is 1. The summed E-state index contributed by atoms with van der Waals surface area (Å²) in [5, 5.41) is 24.3. The first kappa shape index (κ1) is 16.4. The van der Waals surface area contributed by atoms with E-state index in [4.69, 9.17) is 4.74 Å². The maximum absolute atomic E-state index is 11.0. The number of nitro benzene ring substituents is 1. The minimum absolute atomic E-state index is 0.00942. The summed E-state index contributed by atoms with van der Waals surface area (Å²) in [6, 6.07) is 14.4. The predicted molar refractivity (Wildman–Crippen MR) is 90.1 cm³/mol. The number of aryl methyl sites for hydroxylation is 1. The number of nitro groups is 1. The lowest BCUT2D eigenvalue weighted by Gasteiger charge is -2.29. The maximum atomic E-state index is 11.0. The maximum Gasteiger partial charge on any atom is 0.310 e. The van der Waals surface area contributed by atoms with Gasteiger partial charge in [-0.05, 0) is 30.0 Å². The van der Waals surface area contributed by atoms with Crippen LogP contribution in [0.5, 0.6) is 5.75 Å². The highest BCUT2D eigenvalue weighted by Gasteiger charge is 2.37. The zero-order valence-electron chi connectivity index (χ0n) is 13.3. The lowest BCUT2D eigenvalue weighted by atomic mass is 9.93. The fraction of sp³-hybridized carbons (Fsp3) is 0.333. The monoisotopic (exact) mass is 328 g/mol. The smallest absolute Gasteiger partial charge is 0.310 e. The molecule has 2 aromatic rings. The van der Waals surface area contributed by atoms with Crippen molar-refractivity contribution >= 4 is 5.69 Å². The van der Waals surface area contributed by atoms with Gasteiger partial charge in [-0.25, -0.2) is 0 Å². The third kappa shape index (κ3) is 3.11. The van der Waals surface area contributed by atoms with Gasteiger partial charge in [0, 0.05) is 12.6 Å². The molecular formula is C18H20N2O4. The average molecular weight is 328 g/mol. The average Bonchev–Trinajstić information content (AvgIpc) is 2.98. The van der Waals surface area contributed by atoms with Gasteiger partial charge in [-0.15, -0.1) is 0 Å². The summed E-state index contributed by atoms with van der Waals surface area (Å²) in [6.07, 6.45) is 1.75. The van der Waals surface area contributed by atoms with Crippen LogP contribution in [0.3, 0.4) is 0 Å². The molecule has 1 unspecified atom stereocenters. The molecule has 0 heterocycles. The van der Waals surface area contributed by atoms with E-state index in [2.05, 4.69) is 11.4 Å². The highest BCUT2D eigenvalue weighted by molar-refractivity contribution is 5.45. The number of fused-ring (bicyclic) bond motifs is 1. The van der Waals surface area contributed by atoms with E-state index in [1.807, 2.05) is 18.2 Å². The molecule has 2 aromatic carbocycles. The molecule has 0 radical (unpaired) electrons. The van der Waals surface area contributed by atoms with Crippen molar-refractivity contribution in [1.29, 1.82) is 0 Å². The van der Waals surface area contributed by atoms with Crippen molar-refractivity contribution in [2.24, 2.45) is 0 Å². The van der Waals surface area contributed by atoms with Crippen LogP contribution in [0.4, 0.5) is 5.69 Å². The molecule has 1 aliphatic carbocycles. The van der Waals surface area contributed by atoms with Crippen molar-refractivity contribution in [3.05, 3.63) is 69.8 Å². The summed E-state index contributed by atoms with van der Waals surface area (Å²) in [5.74, 6) is 0.258. The number of hydrogen-bond donors (Lipinski definition) is 2. The number of rotatable bonds is 7. The van der Waals surface area contributed by atoms with Crippen LogP contribution < -0.4 is 10.1 Å². The van der Waals surface area contributed by atoms with Crippen molar-refractivity contribution < 1.29 is 14.8 Å². The summed E-state index contributed by atoms with van der Waals surface area (Å²) >= 11 is 0. The third-order valence-corrected chi connectivity index (χ3v) is 4.51. The van der Waals surface area contributed by atoms with Gasteiger partial charge in [-0.2, -0.15) is 0 Å². The Morgan fingerprint density at radius 1 is 1.21 bits per heavy atom. The molecule has 24 heavy (non-hydrogen) atoms. The van der Waals surface area contributed by atoms with E-state index in [1.165, 1.54) is 11.6 Å². The van der Waals surface area contributed by atoms with Gasteiger partial charge in [0.15, 0.2) is 5.75 Å². The Morgan fingerprint density at radius 2 is 1.96 bits per heavy atom. The molecule has 126 valence electrons. The van der Waals surface area contributed by atoms with Gasteiger partial charge in [0.05, 0.1) is 17.1 Å². The quantitative estimate of drug-likeness (QED) is 0.463. The van der Waals surface area contributed by atoms with Gasteiger partial charge in [0.25, 0.3) is 0 Å². The van der Waals surface area contributed by atoms with E-state index < -0.39 is 10.5 Å². The fourth-order valence-electron chi connectivity index (χ4n) is 3.27. The van der Waals surface area contributed by atoms with E-state index in [-0.39, 0.29) is 24.7 Å². The number of para-hydroxylation sites is 2. The minimum Gasteiger partial charge on any atom is -0.485 e. The van der Waals surface area contributed by atoms with Gasteiger partial charge in [-0.3, -0.25) is 10.1 Å². The molecule has 0 amide bonds. The Balaban J connectivity index is 1.62. The van der Waals surface area contributed by atoms with Gasteiger partial charge in [-0.1, -0.05) is 36.4 Å². The van der Waals surface area contributed by atoms with Crippen molar-refractivity contribution in [2.45, 2.75) is 18.4 Å². The predicted octanol–water partition coefficient (Wildman–Crippen LogP) is 2.40. The number of nitrogens with zero attached hydrogens (tertiary/aromatic N) is 1. The molecule has 0 bridgehead atoms. The lowest BCUT2D eigenvalue weighted by molar-refractivity contribution is -0.385. The second-order valence-corrected chi connectivity index (χ2v) is 5.90. The zero-order chi connectivity index (χ0) is 17.0. The van der Waals surface area contributed by atoms with Crippen LogP contribution in [0.25, 0.3) is 0 Å². The number of aliphatic hydroxyl groups excluding tert-OH is 1. The molecule has 0 fully saturated rings. The van der Waals surface area contributed by atoms with Crippen LogP contribution in [-0.4, -0.2) is 29.8 Å². The van der Waals surface area contributed by atoms with Gasteiger partial charge in [0.1, 0.15) is 6.61 Å². The van der Waals surface area contributed by atoms with Crippen LogP contribution in [0.15, 0.2) is 48.5 Å². The molecular weight excluding hydrogens is 308 g/mol. The highest BCUT2D eigenvalue weighted by atomic mass is 16.6. The number of hydrogen-bond acceptors (Lipinski definition) is 5. The number of ether oxygens (including phenoxy) is 1. The molecule has 0 saturated carbocycles. The van der Waals surface area contributed by atoms with E-state index in [0.717, 1.165) is 18.4 Å². The summed E-state index contributed by atoms with van der Waals surface area (Å²) in [7, 11) is 0. The first-order valence-electron chi connectivity index (χ1n) is 7.97. The topological polar surface area (TPSA) is 84.6 Å². The molecule has 0 spiro atoms. The van der Waals surface area contributed by atoms with Crippen LogP contribution in [0.2, 0.25) is 0 Å². The SMILES string of the molecule is O=[N+]([O-])c1ccccc1OCCNC1(CO)CCc2ccccc21. The first-order chi connectivity index (χ1) is 11.7. The molecule has 6 nitrogen and oxygen atoms in total. The zero-order valence-corrected chi connectivity index (χ0v) is 13.3. The largest absolute Gasteiger partial charge is 0.485 e. The Hall–Kier alpha value is -2.44. The molecule has 2 N–H and O–H groups in total. The lowest BCUT2D eigenvalue weighted by Crippen LogP contribution is -2.45. The molecule has 1 aliphatic rings. The fourth-order valence-corrected chi connectivity index (χ4v) is 3.27. The van der Waals surface area contributed by atoms with Crippen LogP contribution >= 0.6 is 0 Å². The second kappa shape index (κ2) is 6.98. The summed E-state index contributed by atoms with van der Waals surface area (Å²) in [6.45, 7) is 0.783. The molecule has 3 rings (SSSR count). The van der Waals surface area contributed by atoms with Crippen molar-refractivity contribution in [2.75, 3.05) is 19.8 Å². The van der Waals surface area contributed by atoms with Crippen molar-refractivity contribution in [3.8, 4) is 5.75 Å². The van der Waals surface area contributed by atoms with Crippen LogP contribution in [0, 0.1) is 10.1 Å². The van der Waals surface area contributed by atoms with Crippen LogP contribution in [0.1, 0.15) is 17.5 Å². The Bertz CT molecular complexity index is 734. The van der Waals surface area contributed by atoms with E-state index >= 15 is 0 Å². The van der Waals surface area contributed by atoms with Crippen molar-refractivity contribution in [3.63, 3.8) is 0 Å². The Kier molecular flexibility index (Phi) is 4.78. The third-order valence-electron chi connectivity index (χ3n) is 4.51. The molecule has 0 aliphatic heterocycles. The van der Waals surface area contributed by atoms with Gasteiger partial charge in [0.2, 0.25) is 0 Å². The van der Waals surface area contributed by atoms with E-state index in [1.54, 1.807) is 18.2 Å². The summed E-state index contributed by atoms with van der Waals surface area (Å²) in [5.41, 5.74) is 1.88. The summed E-state index contributed by atoms with van der Waals surface area (Å²) in [4.78, 5) is 10.5. The van der Waals surface area contributed by atoms with E-state index in [9.17, 15) is 15.2 Å². The van der Waals surface area contributed by atoms with Crippen molar-refractivity contribution in [1.82, 2.24) is 5.32 Å². The Morgan fingerprint density at radius 3 is 2.75 bits per heavy atom. The van der Waals surface area contributed by atoms with Gasteiger partial charge < -0.3 is 15.2 Å². The van der Waals surface area contributed by atoms with Crippen LogP contribution in [-0.2, 0) is 12.0 Å².